The van der Waals surface area contributed by atoms with Crippen LogP contribution in [0.2, 0.25) is 0 Å². The fourth-order valence-electron chi connectivity index (χ4n) is 1.61. The van der Waals surface area contributed by atoms with Crippen molar-refractivity contribution in [3.63, 3.8) is 0 Å². The Balaban J connectivity index is 1.80. The molecule has 0 aromatic heterocycles. The zero-order chi connectivity index (χ0) is 10.5. The van der Waals surface area contributed by atoms with E-state index in [0.717, 1.165) is 12.3 Å². The summed E-state index contributed by atoms with van der Waals surface area (Å²) in [4.78, 5) is 0. The lowest BCUT2D eigenvalue weighted by molar-refractivity contribution is 0.498. The Morgan fingerprint density at radius 3 is 2.73 bits per heavy atom. The second kappa shape index (κ2) is 5.38. The van der Waals surface area contributed by atoms with Crippen molar-refractivity contribution in [3.8, 4) is 0 Å². The SMILES string of the molecule is CC1=CCN(SCc2ccccc2)CC1. The van der Waals surface area contributed by atoms with Crippen molar-refractivity contribution in [2.75, 3.05) is 13.1 Å². The molecule has 2 rings (SSSR count). The van der Waals surface area contributed by atoms with E-state index in [-0.39, 0.29) is 0 Å². The summed E-state index contributed by atoms with van der Waals surface area (Å²) >= 11 is 1.94. The molecule has 15 heavy (non-hydrogen) atoms. The second-order valence-corrected chi connectivity index (χ2v) is 5.01. The molecule has 0 bridgehead atoms. The molecule has 0 unspecified atom stereocenters. The molecule has 80 valence electrons. The van der Waals surface area contributed by atoms with E-state index < -0.39 is 0 Å². The molecule has 0 aliphatic carbocycles. The van der Waals surface area contributed by atoms with Crippen LogP contribution in [0.15, 0.2) is 42.0 Å². The van der Waals surface area contributed by atoms with Gasteiger partial charge in [-0.15, -0.1) is 0 Å². The van der Waals surface area contributed by atoms with Crippen LogP contribution in [0, 0.1) is 0 Å². The van der Waals surface area contributed by atoms with Gasteiger partial charge in [0.05, 0.1) is 0 Å². The minimum atomic E-state index is 1.09. The van der Waals surface area contributed by atoms with Gasteiger partial charge in [0.25, 0.3) is 0 Å². The van der Waals surface area contributed by atoms with Gasteiger partial charge in [0.15, 0.2) is 0 Å². The average molecular weight is 219 g/mol. The first-order chi connectivity index (χ1) is 7.34. The first kappa shape index (κ1) is 10.8. The zero-order valence-electron chi connectivity index (χ0n) is 9.15. The summed E-state index contributed by atoms with van der Waals surface area (Å²) in [6.45, 7) is 4.52. The summed E-state index contributed by atoms with van der Waals surface area (Å²) in [7, 11) is 0. The third kappa shape index (κ3) is 3.40. The van der Waals surface area contributed by atoms with Crippen molar-refractivity contribution in [3.05, 3.63) is 47.5 Å². The van der Waals surface area contributed by atoms with Crippen LogP contribution in [0.5, 0.6) is 0 Å². The van der Waals surface area contributed by atoms with Crippen molar-refractivity contribution in [2.24, 2.45) is 0 Å². The molecular formula is C13H17NS. The zero-order valence-corrected chi connectivity index (χ0v) is 9.96. The van der Waals surface area contributed by atoms with Crippen LogP contribution >= 0.6 is 11.9 Å². The fourth-order valence-corrected chi connectivity index (χ4v) is 2.53. The van der Waals surface area contributed by atoms with Gasteiger partial charge < -0.3 is 0 Å². The van der Waals surface area contributed by atoms with Crippen LogP contribution in [0.25, 0.3) is 0 Å². The van der Waals surface area contributed by atoms with Gasteiger partial charge in [-0.05, 0) is 18.9 Å². The Bertz CT molecular complexity index is 332. The van der Waals surface area contributed by atoms with E-state index in [1.54, 1.807) is 0 Å². The van der Waals surface area contributed by atoms with E-state index in [0.29, 0.717) is 0 Å². The van der Waals surface area contributed by atoms with Crippen LogP contribution in [0.3, 0.4) is 0 Å². The van der Waals surface area contributed by atoms with Crippen LogP contribution in [0.4, 0.5) is 0 Å². The first-order valence-corrected chi connectivity index (χ1v) is 6.36. The monoisotopic (exact) mass is 219 g/mol. The highest BCUT2D eigenvalue weighted by atomic mass is 32.2. The number of rotatable bonds is 3. The largest absolute Gasteiger partial charge is 0.246 e. The molecule has 0 amide bonds. The van der Waals surface area contributed by atoms with E-state index in [1.165, 1.54) is 24.1 Å². The standard InChI is InChI=1S/C13H17NS/c1-12-7-9-14(10-8-12)15-11-13-5-3-2-4-6-13/h2-7H,8-11H2,1H3. The van der Waals surface area contributed by atoms with Crippen LogP contribution in [0.1, 0.15) is 18.9 Å². The maximum atomic E-state index is 2.44. The highest BCUT2D eigenvalue weighted by Gasteiger charge is 2.09. The number of hydrogen-bond donors (Lipinski definition) is 0. The molecule has 0 saturated carbocycles. The maximum Gasteiger partial charge on any atom is 0.0332 e. The summed E-state index contributed by atoms with van der Waals surface area (Å²) in [5.74, 6) is 1.09. The number of benzene rings is 1. The Kier molecular flexibility index (Phi) is 3.87. The predicted molar refractivity (Wildman–Crippen MR) is 67.7 cm³/mol. The summed E-state index contributed by atoms with van der Waals surface area (Å²) < 4.78 is 2.44. The molecule has 1 aromatic carbocycles. The lowest BCUT2D eigenvalue weighted by atomic mass is 10.1. The smallest absolute Gasteiger partial charge is 0.0332 e. The summed E-state index contributed by atoms with van der Waals surface area (Å²) in [5.41, 5.74) is 2.94. The predicted octanol–water partition coefficient (Wildman–Crippen LogP) is 3.49. The molecule has 2 heteroatoms. The molecule has 0 fully saturated rings. The topological polar surface area (TPSA) is 3.24 Å². The molecule has 1 heterocycles. The van der Waals surface area contributed by atoms with E-state index in [9.17, 15) is 0 Å². The molecule has 1 aliphatic heterocycles. The molecule has 1 aliphatic rings. The Hall–Kier alpha value is -0.730. The minimum absolute atomic E-state index is 1.09. The van der Waals surface area contributed by atoms with Crippen molar-refractivity contribution in [1.29, 1.82) is 0 Å². The molecule has 0 radical (unpaired) electrons. The Morgan fingerprint density at radius 1 is 1.27 bits per heavy atom. The van der Waals surface area contributed by atoms with Crippen LogP contribution in [-0.4, -0.2) is 17.4 Å². The molecule has 0 atom stereocenters. The van der Waals surface area contributed by atoms with Crippen LogP contribution in [-0.2, 0) is 5.75 Å². The summed E-state index contributed by atoms with van der Waals surface area (Å²) in [5, 5.41) is 0. The number of hydrogen-bond acceptors (Lipinski definition) is 2. The van der Waals surface area contributed by atoms with E-state index in [2.05, 4.69) is 47.6 Å². The van der Waals surface area contributed by atoms with Gasteiger partial charge in [0, 0.05) is 18.8 Å². The maximum absolute atomic E-state index is 2.44. The third-order valence-electron chi connectivity index (χ3n) is 2.66. The van der Waals surface area contributed by atoms with Gasteiger partial charge in [0.1, 0.15) is 0 Å². The van der Waals surface area contributed by atoms with Gasteiger partial charge >= 0.3 is 0 Å². The van der Waals surface area contributed by atoms with Crippen LogP contribution < -0.4 is 0 Å². The molecule has 0 N–H and O–H groups in total. The van der Waals surface area contributed by atoms with E-state index >= 15 is 0 Å². The van der Waals surface area contributed by atoms with Gasteiger partial charge in [-0.1, -0.05) is 53.9 Å². The lowest BCUT2D eigenvalue weighted by Gasteiger charge is -2.23. The summed E-state index contributed by atoms with van der Waals surface area (Å²) in [6.07, 6.45) is 3.56. The lowest BCUT2D eigenvalue weighted by Crippen LogP contribution is -2.21. The molecular weight excluding hydrogens is 202 g/mol. The van der Waals surface area contributed by atoms with E-state index in [1.807, 2.05) is 11.9 Å². The molecule has 0 saturated heterocycles. The average Bonchev–Trinajstić information content (AvgIpc) is 2.30. The quantitative estimate of drug-likeness (QED) is 0.565. The molecule has 1 nitrogen and oxygen atoms in total. The van der Waals surface area contributed by atoms with Gasteiger partial charge in [-0.2, -0.15) is 0 Å². The van der Waals surface area contributed by atoms with Gasteiger partial charge in [0.2, 0.25) is 0 Å². The first-order valence-electron chi connectivity index (χ1n) is 5.42. The summed E-state index contributed by atoms with van der Waals surface area (Å²) in [6, 6.07) is 10.7. The molecule has 0 spiro atoms. The Labute approximate surface area is 96.3 Å². The van der Waals surface area contributed by atoms with Crippen molar-refractivity contribution in [1.82, 2.24) is 4.31 Å². The van der Waals surface area contributed by atoms with E-state index in [4.69, 9.17) is 0 Å². The van der Waals surface area contributed by atoms with Crippen molar-refractivity contribution >= 4 is 11.9 Å². The second-order valence-electron chi connectivity index (χ2n) is 3.95. The van der Waals surface area contributed by atoms with Crippen molar-refractivity contribution in [2.45, 2.75) is 19.1 Å². The highest BCUT2D eigenvalue weighted by Crippen LogP contribution is 2.21. The Morgan fingerprint density at radius 2 is 2.07 bits per heavy atom. The van der Waals surface area contributed by atoms with Crippen molar-refractivity contribution < 1.29 is 0 Å². The molecule has 1 aromatic rings. The minimum Gasteiger partial charge on any atom is -0.246 e. The normalized spacial score (nSPS) is 17.5. The van der Waals surface area contributed by atoms with Gasteiger partial charge in [-0.25, -0.2) is 4.31 Å². The third-order valence-corrected chi connectivity index (χ3v) is 3.81. The highest BCUT2D eigenvalue weighted by molar-refractivity contribution is 7.96. The van der Waals surface area contributed by atoms with Gasteiger partial charge in [-0.3, -0.25) is 0 Å². The fraction of sp³-hybridized carbons (Fsp3) is 0.385. The number of nitrogens with zero attached hydrogens (tertiary/aromatic N) is 1.